The average molecular weight is 333 g/mol. The molecule has 2 heterocycles. The number of hydrogen-bond acceptors (Lipinski definition) is 2. The summed E-state index contributed by atoms with van der Waals surface area (Å²) in [6, 6.07) is 10.6. The number of anilines is 1. The molecule has 5 nitrogen and oxygen atoms in total. The maximum atomic E-state index is 4.51. The fourth-order valence-corrected chi connectivity index (χ4v) is 2.28. The summed E-state index contributed by atoms with van der Waals surface area (Å²) >= 11 is 0. The topological polar surface area (TPSA) is 111 Å². The van der Waals surface area contributed by atoms with Gasteiger partial charge in [-0.1, -0.05) is 24.3 Å². The summed E-state index contributed by atoms with van der Waals surface area (Å²) in [6.07, 6.45) is 4.51. The van der Waals surface area contributed by atoms with Crippen LogP contribution in [-0.2, 0) is 0 Å². The van der Waals surface area contributed by atoms with E-state index >= 15 is 0 Å². The van der Waals surface area contributed by atoms with Gasteiger partial charge in [-0.2, -0.15) is 0 Å². The second-order valence-corrected chi connectivity index (χ2v) is 4.05. The smallest absolute Gasteiger partial charge is 0.136 e. The molecule has 1 aliphatic rings. The molecule has 0 saturated carbocycles. The first-order valence-corrected chi connectivity index (χ1v) is 5.54. The molecule has 1 aliphatic heterocycles. The van der Waals surface area contributed by atoms with E-state index in [-0.39, 0.29) is 33.4 Å². The van der Waals surface area contributed by atoms with E-state index in [9.17, 15) is 0 Å². The van der Waals surface area contributed by atoms with Crippen LogP contribution in [0.3, 0.4) is 0 Å². The highest BCUT2D eigenvalue weighted by molar-refractivity contribution is 8.93. The minimum Gasteiger partial charge on any atom is -0.412 e. The van der Waals surface area contributed by atoms with Gasteiger partial charge in [-0.25, -0.2) is 4.98 Å². The van der Waals surface area contributed by atoms with E-state index in [4.69, 9.17) is 0 Å². The van der Waals surface area contributed by atoms with E-state index < -0.39 is 0 Å². The molecule has 0 radical (unpaired) electrons. The number of benzene rings is 1. The van der Waals surface area contributed by atoms with Crippen molar-refractivity contribution in [2.75, 3.05) is 18.0 Å². The van der Waals surface area contributed by atoms with Gasteiger partial charge in [0.1, 0.15) is 5.82 Å². The summed E-state index contributed by atoms with van der Waals surface area (Å²) in [7, 11) is 0. The number of aromatic nitrogens is 1. The Balaban J connectivity index is 0. The van der Waals surface area contributed by atoms with Crippen LogP contribution in [0.25, 0.3) is 10.8 Å². The third kappa shape index (κ3) is 3.87. The van der Waals surface area contributed by atoms with Gasteiger partial charge in [0.15, 0.2) is 0 Å². The number of hydrogen-bond donors (Lipinski definition) is 0. The Morgan fingerprint density at radius 3 is 2.21 bits per heavy atom. The lowest BCUT2D eigenvalue weighted by molar-refractivity contribution is 0.823. The fourth-order valence-electron chi connectivity index (χ4n) is 2.28. The first kappa shape index (κ1) is 20.1. The molecule has 1 aromatic heterocycles. The largest absolute Gasteiger partial charge is 0.412 e. The maximum absolute atomic E-state index is 4.51. The van der Waals surface area contributed by atoms with Crippen LogP contribution < -0.4 is 4.90 Å². The molecule has 0 bridgehead atoms. The number of fused-ring (bicyclic) bond motifs is 1. The van der Waals surface area contributed by atoms with Gasteiger partial charge >= 0.3 is 0 Å². The van der Waals surface area contributed by atoms with E-state index in [0.29, 0.717) is 0 Å². The van der Waals surface area contributed by atoms with Gasteiger partial charge in [0.25, 0.3) is 0 Å². The molecule has 0 unspecified atom stereocenters. The minimum atomic E-state index is 0. The Bertz CT molecular complexity index is 485. The molecular weight excluding hydrogens is 312 g/mol. The summed E-state index contributed by atoms with van der Waals surface area (Å²) < 4.78 is 0. The van der Waals surface area contributed by atoms with Crippen molar-refractivity contribution in [1.29, 1.82) is 0 Å². The van der Waals surface area contributed by atoms with E-state index in [1.807, 2.05) is 6.20 Å². The molecule has 0 atom stereocenters. The summed E-state index contributed by atoms with van der Waals surface area (Å²) in [4.78, 5) is 6.91. The second-order valence-electron chi connectivity index (χ2n) is 4.05. The Labute approximate surface area is 123 Å². The highest BCUT2D eigenvalue weighted by atomic mass is 79.9. The Morgan fingerprint density at radius 2 is 1.53 bits per heavy atom. The second kappa shape index (κ2) is 8.82. The van der Waals surface area contributed by atoms with Gasteiger partial charge in [0.05, 0.1) is 0 Å². The van der Waals surface area contributed by atoms with E-state index in [2.05, 4.69) is 40.2 Å². The molecular formula is C13H21BrN2O3. The molecule has 1 aromatic carbocycles. The van der Waals surface area contributed by atoms with Crippen LogP contribution in [-0.4, -0.2) is 34.5 Å². The minimum absolute atomic E-state index is 0. The molecule has 0 aliphatic carbocycles. The lowest BCUT2D eigenvalue weighted by atomic mass is 10.1. The van der Waals surface area contributed by atoms with Crippen LogP contribution in [0.5, 0.6) is 0 Å². The van der Waals surface area contributed by atoms with Crippen molar-refractivity contribution >= 4 is 33.6 Å². The molecule has 0 spiro atoms. The zero-order chi connectivity index (χ0) is 10.1. The number of halogens is 1. The third-order valence-electron chi connectivity index (χ3n) is 3.06. The average Bonchev–Trinajstić information content (AvgIpc) is 2.82. The highest BCUT2D eigenvalue weighted by Gasteiger charge is 2.15. The summed E-state index contributed by atoms with van der Waals surface area (Å²) in [5.74, 6) is 1.16. The van der Waals surface area contributed by atoms with Crippen molar-refractivity contribution in [1.82, 2.24) is 4.98 Å². The van der Waals surface area contributed by atoms with Crippen molar-refractivity contribution in [2.45, 2.75) is 12.8 Å². The van der Waals surface area contributed by atoms with Crippen molar-refractivity contribution < 1.29 is 16.4 Å². The highest BCUT2D eigenvalue weighted by Crippen LogP contribution is 2.26. The SMILES string of the molecule is Br.O.O.O.c1ccc2c(N3CCCC3)nccc2c1. The van der Waals surface area contributed by atoms with Crippen molar-refractivity contribution in [3.63, 3.8) is 0 Å². The van der Waals surface area contributed by atoms with Crippen LogP contribution in [0.1, 0.15) is 12.8 Å². The zero-order valence-electron chi connectivity index (χ0n) is 10.6. The summed E-state index contributed by atoms with van der Waals surface area (Å²) in [6.45, 7) is 2.31. The third-order valence-corrected chi connectivity index (χ3v) is 3.06. The molecule has 19 heavy (non-hydrogen) atoms. The number of rotatable bonds is 1. The fraction of sp³-hybridized carbons (Fsp3) is 0.308. The van der Waals surface area contributed by atoms with Gasteiger partial charge in [0, 0.05) is 24.7 Å². The lowest BCUT2D eigenvalue weighted by Gasteiger charge is -2.18. The molecule has 6 heteroatoms. The molecule has 3 rings (SSSR count). The summed E-state index contributed by atoms with van der Waals surface area (Å²) in [5.41, 5.74) is 0. The van der Waals surface area contributed by atoms with Crippen molar-refractivity contribution in [3.8, 4) is 0 Å². The van der Waals surface area contributed by atoms with Gasteiger partial charge in [-0.15, -0.1) is 17.0 Å². The predicted octanol–water partition coefficient (Wildman–Crippen LogP) is 0.939. The van der Waals surface area contributed by atoms with Crippen LogP contribution in [0.2, 0.25) is 0 Å². The number of nitrogens with zero attached hydrogens (tertiary/aromatic N) is 2. The normalized spacial score (nSPS) is 12.7. The first-order chi connectivity index (χ1) is 7.45. The van der Waals surface area contributed by atoms with E-state index in [0.717, 1.165) is 18.9 Å². The molecule has 108 valence electrons. The number of pyridine rings is 1. The van der Waals surface area contributed by atoms with Gasteiger partial charge in [-0.05, 0) is 24.3 Å². The van der Waals surface area contributed by atoms with Gasteiger partial charge in [0.2, 0.25) is 0 Å². The molecule has 0 amide bonds. The molecule has 1 fully saturated rings. The lowest BCUT2D eigenvalue weighted by Crippen LogP contribution is -2.19. The van der Waals surface area contributed by atoms with Crippen molar-refractivity contribution in [2.24, 2.45) is 0 Å². The Morgan fingerprint density at radius 1 is 0.895 bits per heavy atom. The molecule has 6 N–H and O–H groups in total. The van der Waals surface area contributed by atoms with E-state index in [1.54, 1.807) is 0 Å². The Hall–Kier alpha value is -1.21. The summed E-state index contributed by atoms with van der Waals surface area (Å²) in [5, 5.41) is 2.57. The van der Waals surface area contributed by atoms with Crippen LogP contribution >= 0.6 is 17.0 Å². The Kier molecular flexibility index (Phi) is 9.33. The first-order valence-electron chi connectivity index (χ1n) is 5.54. The van der Waals surface area contributed by atoms with Gasteiger partial charge < -0.3 is 21.3 Å². The maximum Gasteiger partial charge on any atom is 0.136 e. The standard InChI is InChI=1S/C13H14N2.BrH.3H2O/c1-2-6-12-11(5-1)7-8-14-13(12)15-9-3-4-10-15;;;;/h1-2,5-8H,3-4,9-10H2;1H;3*1H2. The monoisotopic (exact) mass is 332 g/mol. The molecule has 2 aromatic rings. The zero-order valence-corrected chi connectivity index (χ0v) is 12.3. The molecule has 1 saturated heterocycles. The van der Waals surface area contributed by atoms with Crippen LogP contribution in [0, 0.1) is 0 Å². The van der Waals surface area contributed by atoms with E-state index in [1.165, 1.54) is 23.6 Å². The van der Waals surface area contributed by atoms with Crippen molar-refractivity contribution in [3.05, 3.63) is 36.5 Å². The van der Waals surface area contributed by atoms with Crippen LogP contribution in [0.15, 0.2) is 36.5 Å². The van der Waals surface area contributed by atoms with Gasteiger partial charge in [-0.3, -0.25) is 0 Å². The predicted molar refractivity (Wildman–Crippen MR) is 84.4 cm³/mol. The quantitative estimate of drug-likeness (QED) is 0.773. The van der Waals surface area contributed by atoms with Crippen LogP contribution in [0.4, 0.5) is 5.82 Å².